The van der Waals surface area contributed by atoms with Gasteiger partial charge in [0.1, 0.15) is 12.4 Å². The highest BCUT2D eigenvalue weighted by Gasteiger charge is 2.38. The van der Waals surface area contributed by atoms with Gasteiger partial charge in [0.25, 0.3) is 0 Å². The topological polar surface area (TPSA) is 66.2 Å². The van der Waals surface area contributed by atoms with Gasteiger partial charge < -0.3 is 19.0 Å². The molecule has 2 fully saturated rings. The molecule has 3 rings (SSSR count). The number of rotatable bonds is 7. The molecule has 0 spiro atoms. The van der Waals surface area contributed by atoms with Gasteiger partial charge in [-0.15, -0.1) is 0 Å². The molecule has 1 aliphatic heterocycles. The standard InChI is InChI=1S/C20H31N3O4/c1-21(14-17-8-5-13-27-17)20(25)19(16-6-3-4-7-16)23-11-9-22(10-12-23)18(24)15-26-2/h5,8,13,16,19H,3-4,6-7,9-12,14-15H2,1-2H3. The van der Waals surface area contributed by atoms with E-state index in [1.807, 2.05) is 24.1 Å². The number of amides is 2. The SMILES string of the molecule is COCC(=O)N1CCN(C(C(=O)N(C)Cc2ccco2)C2CCCC2)CC1. The van der Waals surface area contributed by atoms with Crippen molar-refractivity contribution in [3.05, 3.63) is 24.2 Å². The third kappa shape index (κ3) is 4.90. The van der Waals surface area contributed by atoms with Crippen LogP contribution in [0.2, 0.25) is 0 Å². The quantitative estimate of drug-likeness (QED) is 0.722. The van der Waals surface area contributed by atoms with Crippen LogP contribution >= 0.6 is 0 Å². The number of carbonyl (C=O) groups is 2. The lowest BCUT2D eigenvalue weighted by Gasteiger charge is -2.41. The van der Waals surface area contributed by atoms with Crippen molar-refractivity contribution < 1.29 is 18.7 Å². The molecule has 0 radical (unpaired) electrons. The lowest BCUT2D eigenvalue weighted by Crippen LogP contribution is -2.58. The highest BCUT2D eigenvalue weighted by Crippen LogP contribution is 2.32. The number of hydrogen-bond acceptors (Lipinski definition) is 5. The van der Waals surface area contributed by atoms with Crippen LogP contribution in [-0.2, 0) is 20.9 Å². The number of furan rings is 1. The number of nitrogens with zero attached hydrogens (tertiary/aromatic N) is 3. The molecule has 150 valence electrons. The van der Waals surface area contributed by atoms with E-state index >= 15 is 0 Å². The fourth-order valence-electron chi connectivity index (χ4n) is 4.33. The first-order chi connectivity index (χ1) is 13.1. The maximum absolute atomic E-state index is 13.3. The summed E-state index contributed by atoms with van der Waals surface area (Å²) in [5, 5.41) is 0. The molecular formula is C20H31N3O4. The molecule has 2 aliphatic rings. The zero-order chi connectivity index (χ0) is 19.2. The van der Waals surface area contributed by atoms with Gasteiger partial charge in [0.05, 0.1) is 18.8 Å². The number of hydrogen-bond donors (Lipinski definition) is 0. The molecule has 1 aromatic heterocycles. The molecule has 0 aromatic carbocycles. The summed E-state index contributed by atoms with van der Waals surface area (Å²) in [6, 6.07) is 3.64. The summed E-state index contributed by atoms with van der Waals surface area (Å²) in [6.45, 7) is 3.38. The second-order valence-corrected chi connectivity index (χ2v) is 7.61. The molecule has 2 amide bonds. The van der Waals surface area contributed by atoms with Crippen LogP contribution < -0.4 is 0 Å². The summed E-state index contributed by atoms with van der Waals surface area (Å²) < 4.78 is 10.4. The van der Waals surface area contributed by atoms with Crippen LogP contribution in [0.5, 0.6) is 0 Å². The minimum atomic E-state index is -0.105. The number of methoxy groups -OCH3 is 1. The zero-order valence-corrected chi connectivity index (χ0v) is 16.4. The van der Waals surface area contributed by atoms with E-state index in [1.165, 1.54) is 20.0 Å². The van der Waals surface area contributed by atoms with Crippen LogP contribution in [-0.4, -0.2) is 79.5 Å². The molecule has 0 N–H and O–H groups in total. The smallest absolute Gasteiger partial charge is 0.248 e. The Balaban J connectivity index is 1.65. The second-order valence-electron chi connectivity index (χ2n) is 7.61. The predicted octanol–water partition coefficient (Wildman–Crippen LogP) is 1.59. The van der Waals surface area contributed by atoms with Crippen molar-refractivity contribution in [3.8, 4) is 0 Å². The fourth-order valence-corrected chi connectivity index (χ4v) is 4.33. The van der Waals surface area contributed by atoms with Crippen molar-refractivity contribution in [1.82, 2.24) is 14.7 Å². The molecule has 1 aromatic rings. The molecule has 2 heterocycles. The first-order valence-corrected chi connectivity index (χ1v) is 9.88. The van der Waals surface area contributed by atoms with Crippen molar-refractivity contribution in [2.24, 2.45) is 5.92 Å². The lowest BCUT2D eigenvalue weighted by atomic mass is 9.94. The Hall–Kier alpha value is -1.86. The number of piperazine rings is 1. The van der Waals surface area contributed by atoms with Gasteiger partial charge in [0, 0.05) is 40.3 Å². The van der Waals surface area contributed by atoms with Gasteiger partial charge >= 0.3 is 0 Å². The van der Waals surface area contributed by atoms with Gasteiger partial charge in [-0.3, -0.25) is 14.5 Å². The number of carbonyl (C=O) groups excluding carboxylic acids is 2. The maximum atomic E-state index is 13.3. The van der Waals surface area contributed by atoms with Crippen LogP contribution in [0.3, 0.4) is 0 Å². The molecule has 27 heavy (non-hydrogen) atoms. The Morgan fingerprint density at radius 3 is 2.56 bits per heavy atom. The average molecular weight is 377 g/mol. The monoisotopic (exact) mass is 377 g/mol. The minimum Gasteiger partial charge on any atom is -0.467 e. The summed E-state index contributed by atoms with van der Waals surface area (Å²) in [4.78, 5) is 31.3. The molecule has 1 unspecified atom stereocenters. The van der Waals surface area contributed by atoms with Crippen molar-refractivity contribution >= 4 is 11.8 Å². The summed E-state index contributed by atoms with van der Waals surface area (Å²) >= 11 is 0. The van der Waals surface area contributed by atoms with Crippen LogP contribution in [0.25, 0.3) is 0 Å². The fraction of sp³-hybridized carbons (Fsp3) is 0.700. The van der Waals surface area contributed by atoms with Crippen molar-refractivity contribution in [1.29, 1.82) is 0 Å². The molecule has 1 saturated heterocycles. The largest absolute Gasteiger partial charge is 0.467 e. The lowest BCUT2D eigenvalue weighted by molar-refractivity contribution is -0.142. The van der Waals surface area contributed by atoms with Crippen LogP contribution in [0, 0.1) is 5.92 Å². The van der Waals surface area contributed by atoms with E-state index in [9.17, 15) is 9.59 Å². The van der Waals surface area contributed by atoms with Gasteiger partial charge in [-0.05, 0) is 30.9 Å². The molecule has 0 bridgehead atoms. The van der Waals surface area contributed by atoms with Gasteiger partial charge in [0.15, 0.2) is 0 Å². The highest BCUT2D eigenvalue weighted by atomic mass is 16.5. The van der Waals surface area contributed by atoms with Crippen LogP contribution in [0.4, 0.5) is 0 Å². The summed E-state index contributed by atoms with van der Waals surface area (Å²) in [7, 11) is 3.39. The van der Waals surface area contributed by atoms with E-state index in [-0.39, 0.29) is 24.5 Å². The van der Waals surface area contributed by atoms with E-state index in [2.05, 4.69) is 4.90 Å². The van der Waals surface area contributed by atoms with Crippen LogP contribution in [0.1, 0.15) is 31.4 Å². The van der Waals surface area contributed by atoms with Gasteiger partial charge in [-0.25, -0.2) is 0 Å². The second kappa shape index (κ2) is 9.37. The summed E-state index contributed by atoms with van der Waals surface area (Å²) in [5.41, 5.74) is 0. The zero-order valence-electron chi connectivity index (χ0n) is 16.4. The summed E-state index contributed by atoms with van der Waals surface area (Å²) in [6.07, 6.45) is 6.24. The van der Waals surface area contributed by atoms with E-state index in [4.69, 9.17) is 9.15 Å². The van der Waals surface area contributed by atoms with Crippen molar-refractivity contribution in [3.63, 3.8) is 0 Å². The predicted molar refractivity (Wildman–Crippen MR) is 101 cm³/mol. The normalized spacial score (nSPS) is 20.0. The number of ether oxygens (including phenoxy) is 1. The molecule has 7 heteroatoms. The van der Waals surface area contributed by atoms with E-state index < -0.39 is 0 Å². The van der Waals surface area contributed by atoms with Crippen molar-refractivity contribution in [2.75, 3.05) is 46.9 Å². The Bertz CT molecular complexity index is 605. The van der Waals surface area contributed by atoms with E-state index in [0.717, 1.165) is 31.7 Å². The van der Waals surface area contributed by atoms with E-state index in [1.54, 1.807) is 11.2 Å². The number of likely N-dealkylation sites (N-methyl/N-ethyl adjacent to an activating group) is 1. The third-order valence-corrected chi connectivity index (χ3v) is 5.78. The molecular weight excluding hydrogens is 346 g/mol. The molecule has 7 nitrogen and oxygen atoms in total. The van der Waals surface area contributed by atoms with Crippen molar-refractivity contribution in [2.45, 2.75) is 38.3 Å². The maximum Gasteiger partial charge on any atom is 0.248 e. The third-order valence-electron chi connectivity index (χ3n) is 5.78. The Morgan fingerprint density at radius 1 is 1.26 bits per heavy atom. The molecule has 1 aliphatic carbocycles. The Kier molecular flexibility index (Phi) is 6.90. The van der Waals surface area contributed by atoms with Crippen LogP contribution in [0.15, 0.2) is 22.8 Å². The molecule has 1 atom stereocenters. The Morgan fingerprint density at radius 2 is 1.96 bits per heavy atom. The van der Waals surface area contributed by atoms with Gasteiger partial charge in [-0.2, -0.15) is 0 Å². The first-order valence-electron chi connectivity index (χ1n) is 9.88. The van der Waals surface area contributed by atoms with Gasteiger partial charge in [-0.1, -0.05) is 12.8 Å². The Labute approximate surface area is 161 Å². The first kappa shape index (κ1) is 19.9. The average Bonchev–Trinajstić information content (AvgIpc) is 3.37. The summed E-state index contributed by atoms with van der Waals surface area (Å²) in [5.74, 6) is 1.38. The molecule has 1 saturated carbocycles. The van der Waals surface area contributed by atoms with Gasteiger partial charge in [0.2, 0.25) is 11.8 Å². The minimum absolute atomic E-state index is 0.0239. The van der Waals surface area contributed by atoms with E-state index in [0.29, 0.717) is 25.6 Å². The highest BCUT2D eigenvalue weighted by molar-refractivity contribution is 5.82.